The van der Waals surface area contributed by atoms with Gasteiger partial charge < -0.3 is 24.3 Å². The highest BCUT2D eigenvalue weighted by Gasteiger charge is 2.46. The van der Waals surface area contributed by atoms with Gasteiger partial charge in [0, 0.05) is 6.92 Å². The molecule has 0 radical (unpaired) electrons. The maximum absolute atomic E-state index is 13.0. The van der Waals surface area contributed by atoms with Crippen LogP contribution in [0.2, 0.25) is 0 Å². The number of amides is 1. The van der Waals surface area contributed by atoms with Crippen LogP contribution in [0.4, 0.5) is 0 Å². The van der Waals surface area contributed by atoms with Gasteiger partial charge in [-0.15, -0.1) is 0 Å². The number of hydrogen-bond acceptors (Lipinski definition) is 8. The summed E-state index contributed by atoms with van der Waals surface area (Å²) >= 11 is 0. The third-order valence-corrected chi connectivity index (χ3v) is 5.86. The van der Waals surface area contributed by atoms with E-state index in [-0.39, 0.29) is 30.2 Å². The fraction of sp³-hybridized carbons (Fsp3) is 0.241. The number of carbonyl (C=O) groups excluding carboxylic acids is 4. The number of benzene rings is 3. The van der Waals surface area contributed by atoms with Crippen molar-refractivity contribution >= 4 is 23.8 Å². The summed E-state index contributed by atoms with van der Waals surface area (Å²) in [4.78, 5) is 50.5. The van der Waals surface area contributed by atoms with Gasteiger partial charge in [-0.25, -0.2) is 14.4 Å². The molecule has 1 saturated heterocycles. The fourth-order valence-corrected chi connectivity index (χ4v) is 4.02. The van der Waals surface area contributed by atoms with Gasteiger partial charge in [-0.05, 0) is 36.4 Å². The second-order valence-electron chi connectivity index (χ2n) is 8.62. The van der Waals surface area contributed by atoms with Crippen molar-refractivity contribution in [1.82, 2.24) is 5.32 Å². The lowest BCUT2D eigenvalue weighted by Crippen LogP contribution is -2.62. The van der Waals surface area contributed by atoms with Crippen LogP contribution in [0, 0.1) is 0 Å². The fourth-order valence-electron chi connectivity index (χ4n) is 4.02. The first-order valence-electron chi connectivity index (χ1n) is 12.1. The van der Waals surface area contributed by atoms with E-state index in [0.717, 1.165) is 0 Å². The third kappa shape index (κ3) is 6.83. The van der Waals surface area contributed by atoms with E-state index < -0.39 is 42.3 Å². The first kappa shape index (κ1) is 26.6. The minimum atomic E-state index is -1.20. The second-order valence-corrected chi connectivity index (χ2v) is 8.62. The van der Waals surface area contributed by atoms with Crippen LogP contribution in [0.1, 0.15) is 38.0 Å². The molecule has 1 aliphatic rings. The molecule has 1 amide bonds. The quantitative estimate of drug-likeness (QED) is 0.358. The first-order chi connectivity index (χ1) is 18.4. The summed E-state index contributed by atoms with van der Waals surface area (Å²) in [5.41, 5.74) is 0.882. The molecule has 38 heavy (non-hydrogen) atoms. The normalized spacial score (nSPS) is 20.6. The highest BCUT2D eigenvalue weighted by Crippen LogP contribution is 2.25. The SMILES string of the molecule is CC(=O)NC1COC(COC(=O)c2ccccc2)[C@@H](OC(=O)c2ccccc2)C1OC(=O)c1ccccc1. The average Bonchev–Trinajstić information content (AvgIpc) is 2.95. The molecule has 1 heterocycles. The topological polar surface area (TPSA) is 117 Å². The zero-order valence-electron chi connectivity index (χ0n) is 20.6. The molecule has 1 N–H and O–H groups in total. The molecule has 196 valence electrons. The number of esters is 3. The number of carbonyl (C=O) groups is 4. The molecule has 4 rings (SSSR count). The average molecular weight is 518 g/mol. The van der Waals surface area contributed by atoms with Crippen molar-refractivity contribution in [2.75, 3.05) is 13.2 Å². The Balaban J connectivity index is 1.60. The van der Waals surface area contributed by atoms with E-state index in [1.807, 2.05) is 0 Å². The van der Waals surface area contributed by atoms with Crippen LogP contribution in [0.3, 0.4) is 0 Å². The van der Waals surface area contributed by atoms with Gasteiger partial charge in [0.2, 0.25) is 5.91 Å². The highest BCUT2D eigenvalue weighted by molar-refractivity contribution is 5.91. The summed E-state index contributed by atoms with van der Waals surface area (Å²) in [5.74, 6) is -2.35. The van der Waals surface area contributed by atoms with Crippen molar-refractivity contribution in [3.05, 3.63) is 108 Å². The molecule has 4 atom stereocenters. The van der Waals surface area contributed by atoms with Gasteiger partial charge in [0.25, 0.3) is 0 Å². The highest BCUT2D eigenvalue weighted by atomic mass is 16.6. The van der Waals surface area contributed by atoms with E-state index >= 15 is 0 Å². The minimum Gasteiger partial charge on any atom is -0.459 e. The van der Waals surface area contributed by atoms with Crippen molar-refractivity contribution in [3.8, 4) is 0 Å². The number of rotatable bonds is 8. The van der Waals surface area contributed by atoms with Crippen LogP contribution < -0.4 is 5.32 Å². The molecule has 9 nitrogen and oxygen atoms in total. The maximum atomic E-state index is 13.0. The summed E-state index contributed by atoms with van der Waals surface area (Å²) in [6, 6.07) is 24.1. The molecule has 0 spiro atoms. The molecule has 1 fully saturated rings. The standard InChI is InChI=1S/C29H27NO8/c1-19(31)30-23-17-35-24(18-36-27(32)20-11-5-2-6-12-20)26(38-29(34)22-15-9-4-10-16-22)25(23)37-28(33)21-13-7-3-8-14-21/h2-16,23-26H,17-18H2,1H3,(H,30,31)/t23?,24?,25?,26-/m1/s1. The minimum absolute atomic E-state index is 0.0702. The molecule has 3 unspecified atom stereocenters. The monoisotopic (exact) mass is 517 g/mol. The van der Waals surface area contributed by atoms with Gasteiger partial charge in [0.05, 0.1) is 29.3 Å². The van der Waals surface area contributed by atoms with Gasteiger partial charge in [-0.2, -0.15) is 0 Å². The molecule has 1 aliphatic heterocycles. The molecule has 0 aromatic heterocycles. The van der Waals surface area contributed by atoms with Crippen molar-refractivity contribution < 1.29 is 38.1 Å². The van der Waals surface area contributed by atoms with Crippen molar-refractivity contribution in [2.24, 2.45) is 0 Å². The lowest BCUT2D eigenvalue weighted by molar-refractivity contribution is -0.168. The van der Waals surface area contributed by atoms with E-state index in [4.69, 9.17) is 18.9 Å². The zero-order chi connectivity index (χ0) is 26.9. The van der Waals surface area contributed by atoms with E-state index in [9.17, 15) is 19.2 Å². The Bertz CT molecular complexity index is 1250. The molecular weight excluding hydrogens is 490 g/mol. The van der Waals surface area contributed by atoms with E-state index in [1.54, 1.807) is 91.0 Å². The summed E-state index contributed by atoms with van der Waals surface area (Å²) in [6.07, 6.45) is -3.31. The molecule has 9 heteroatoms. The molecule has 3 aromatic carbocycles. The summed E-state index contributed by atoms with van der Waals surface area (Å²) < 4.78 is 23.0. The largest absolute Gasteiger partial charge is 0.459 e. The van der Waals surface area contributed by atoms with Crippen LogP contribution in [0.25, 0.3) is 0 Å². The van der Waals surface area contributed by atoms with Crippen LogP contribution >= 0.6 is 0 Å². The van der Waals surface area contributed by atoms with Gasteiger partial charge in [-0.1, -0.05) is 54.6 Å². The molecule has 3 aromatic rings. The van der Waals surface area contributed by atoms with Gasteiger partial charge in [0.15, 0.2) is 12.2 Å². The van der Waals surface area contributed by atoms with Gasteiger partial charge in [-0.3, -0.25) is 4.79 Å². The Hall–Kier alpha value is -4.50. The smallest absolute Gasteiger partial charge is 0.338 e. The zero-order valence-corrected chi connectivity index (χ0v) is 20.6. The Kier molecular flexibility index (Phi) is 8.84. The van der Waals surface area contributed by atoms with Crippen molar-refractivity contribution in [3.63, 3.8) is 0 Å². The summed E-state index contributed by atoms with van der Waals surface area (Å²) in [7, 11) is 0. The Morgan fingerprint density at radius 1 is 0.711 bits per heavy atom. The van der Waals surface area contributed by atoms with Crippen LogP contribution in [-0.2, 0) is 23.7 Å². The van der Waals surface area contributed by atoms with Crippen LogP contribution in [0.15, 0.2) is 91.0 Å². The molecule has 0 bridgehead atoms. The van der Waals surface area contributed by atoms with Crippen molar-refractivity contribution in [2.45, 2.75) is 31.3 Å². The lowest BCUT2D eigenvalue weighted by atomic mass is 9.97. The number of nitrogens with one attached hydrogen (secondary N) is 1. The van der Waals surface area contributed by atoms with Crippen LogP contribution in [0.5, 0.6) is 0 Å². The van der Waals surface area contributed by atoms with Gasteiger partial charge >= 0.3 is 17.9 Å². The van der Waals surface area contributed by atoms with E-state index in [0.29, 0.717) is 5.56 Å². The van der Waals surface area contributed by atoms with Crippen molar-refractivity contribution in [1.29, 1.82) is 0 Å². The predicted octanol–water partition coefficient (Wildman–Crippen LogP) is 3.20. The predicted molar refractivity (Wildman–Crippen MR) is 135 cm³/mol. The van der Waals surface area contributed by atoms with E-state index in [2.05, 4.69) is 5.32 Å². The Labute approximate surface area is 219 Å². The Morgan fingerprint density at radius 3 is 1.63 bits per heavy atom. The number of ether oxygens (including phenoxy) is 4. The van der Waals surface area contributed by atoms with Crippen LogP contribution in [-0.4, -0.2) is 61.4 Å². The maximum Gasteiger partial charge on any atom is 0.338 e. The summed E-state index contributed by atoms with van der Waals surface area (Å²) in [6.45, 7) is 0.959. The molecule has 0 saturated carbocycles. The molecule has 0 aliphatic carbocycles. The summed E-state index contributed by atoms with van der Waals surface area (Å²) in [5, 5.41) is 2.70. The number of hydrogen-bond donors (Lipinski definition) is 1. The Morgan fingerprint density at radius 2 is 1.16 bits per heavy atom. The lowest BCUT2D eigenvalue weighted by Gasteiger charge is -2.41. The third-order valence-electron chi connectivity index (χ3n) is 5.86. The second kappa shape index (κ2) is 12.6. The first-order valence-corrected chi connectivity index (χ1v) is 12.1. The van der Waals surface area contributed by atoms with E-state index in [1.165, 1.54) is 6.92 Å². The molecular formula is C29H27NO8. The van der Waals surface area contributed by atoms with Gasteiger partial charge in [0.1, 0.15) is 12.7 Å².